The van der Waals surface area contributed by atoms with Crippen LogP contribution < -0.4 is 5.32 Å². The van der Waals surface area contributed by atoms with Gasteiger partial charge in [0, 0.05) is 38.9 Å². The molecule has 2 heterocycles. The second-order valence-electron chi connectivity index (χ2n) is 12.5. The van der Waals surface area contributed by atoms with Crippen LogP contribution in [0.1, 0.15) is 53.4 Å². The Labute approximate surface area is 289 Å². The fourth-order valence-electron chi connectivity index (χ4n) is 6.45. The Bertz CT molecular complexity index is 2020. The van der Waals surface area contributed by atoms with E-state index in [-0.39, 0.29) is 50.2 Å². The van der Waals surface area contributed by atoms with Gasteiger partial charge in [0.25, 0.3) is 5.82 Å². The molecule has 1 saturated heterocycles. The minimum atomic E-state index is -1.01. The van der Waals surface area contributed by atoms with Crippen molar-refractivity contribution in [3.8, 4) is 0 Å². The third kappa shape index (κ3) is 7.75. The van der Waals surface area contributed by atoms with Gasteiger partial charge < -0.3 is 29.5 Å². The van der Waals surface area contributed by atoms with E-state index in [0.29, 0.717) is 12.8 Å². The number of carboxylic acid groups (broad SMARTS) is 1. The van der Waals surface area contributed by atoms with Gasteiger partial charge in [0.2, 0.25) is 17.7 Å². The van der Waals surface area contributed by atoms with E-state index in [9.17, 15) is 24.3 Å². The van der Waals surface area contributed by atoms with Gasteiger partial charge in [-0.25, -0.2) is 9.59 Å². The molecule has 12 nitrogen and oxygen atoms in total. The number of ether oxygens (including phenoxy) is 1. The van der Waals surface area contributed by atoms with Crippen molar-refractivity contribution in [2.24, 2.45) is 5.92 Å². The Morgan fingerprint density at radius 3 is 2.06 bits per heavy atom. The van der Waals surface area contributed by atoms with Gasteiger partial charge in [0.05, 0.1) is 6.61 Å². The number of fused-ring (bicyclic) bond motifs is 2. The molecule has 1 aliphatic heterocycles. The number of likely N-dealkylation sites (N-methyl/N-ethyl adjacent to an activating group) is 1. The number of nitrogens with zero attached hydrogens (tertiary/aromatic N) is 4. The van der Waals surface area contributed by atoms with Crippen LogP contribution >= 0.6 is 0 Å². The monoisotopic (exact) mass is 677 g/mol. The van der Waals surface area contributed by atoms with E-state index in [4.69, 9.17) is 9.26 Å². The molecule has 2 atom stereocenters. The molecule has 1 aromatic heterocycles. The summed E-state index contributed by atoms with van der Waals surface area (Å²) in [6.07, 6.45) is 0.178. The lowest BCUT2D eigenvalue weighted by atomic mass is 9.94. The second-order valence-corrected chi connectivity index (χ2v) is 12.5. The van der Waals surface area contributed by atoms with Gasteiger partial charge in [-0.2, -0.15) is 4.98 Å². The van der Waals surface area contributed by atoms with Gasteiger partial charge in [-0.05, 0) is 57.6 Å². The number of amides is 3. The summed E-state index contributed by atoms with van der Waals surface area (Å²) in [7, 11) is 1.62. The van der Waals surface area contributed by atoms with Crippen molar-refractivity contribution in [3.05, 3.63) is 108 Å². The summed E-state index contributed by atoms with van der Waals surface area (Å²) in [5.74, 6) is -2.09. The molecule has 0 radical (unpaired) electrons. The van der Waals surface area contributed by atoms with Gasteiger partial charge in [0.1, 0.15) is 12.1 Å². The number of piperidine rings is 1. The third-order valence-electron chi connectivity index (χ3n) is 9.25. The fraction of sp³-hybridized carbons (Fsp3) is 0.316. The highest BCUT2D eigenvalue weighted by Gasteiger charge is 2.35. The molecule has 258 valence electrons. The first-order valence-corrected chi connectivity index (χ1v) is 16.7. The SMILES string of the molecule is CCOC(=O)c1noc([C@@H](Cc2ccc3ccccc3c2)N(C)C(=O)[C@@H](Cc2ccc3ccccc3c2)NC(=O)C2CCN(C(=O)O)CC2)n1. The van der Waals surface area contributed by atoms with Crippen LogP contribution in [0, 0.1) is 5.92 Å². The molecular formula is C38H39N5O7. The van der Waals surface area contributed by atoms with Crippen molar-refractivity contribution >= 4 is 45.4 Å². The van der Waals surface area contributed by atoms with Crippen molar-refractivity contribution in [2.45, 2.75) is 44.7 Å². The topological polar surface area (TPSA) is 155 Å². The predicted molar refractivity (Wildman–Crippen MR) is 185 cm³/mol. The highest BCUT2D eigenvalue weighted by Crippen LogP contribution is 2.27. The van der Waals surface area contributed by atoms with E-state index in [1.165, 1.54) is 9.80 Å². The van der Waals surface area contributed by atoms with E-state index in [2.05, 4.69) is 15.5 Å². The van der Waals surface area contributed by atoms with Crippen molar-refractivity contribution in [3.63, 3.8) is 0 Å². The molecule has 4 aromatic carbocycles. The molecule has 0 saturated carbocycles. The number of nitrogens with one attached hydrogen (secondary N) is 1. The lowest BCUT2D eigenvalue weighted by Crippen LogP contribution is -2.52. The van der Waals surface area contributed by atoms with Crippen molar-refractivity contribution in [1.29, 1.82) is 0 Å². The van der Waals surface area contributed by atoms with E-state index >= 15 is 0 Å². The Morgan fingerprint density at radius 2 is 1.48 bits per heavy atom. The zero-order chi connectivity index (χ0) is 35.2. The number of hydrogen-bond donors (Lipinski definition) is 2. The summed E-state index contributed by atoms with van der Waals surface area (Å²) in [5.41, 5.74) is 1.74. The van der Waals surface area contributed by atoms with Crippen molar-refractivity contribution < 1.29 is 33.5 Å². The molecular weight excluding hydrogens is 638 g/mol. The van der Waals surface area contributed by atoms with Gasteiger partial charge in [-0.15, -0.1) is 0 Å². The number of likely N-dealkylation sites (tertiary alicyclic amines) is 1. The van der Waals surface area contributed by atoms with Crippen LogP contribution in [0.2, 0.25) is 0 Å². The minimum Gasteiger partial charge on any atom is -0.465 e. The molecule has 12 heteroatoms. The second kappa shape index (κ2) is 15.2. The van der Waals surface area contributed by atoms with Crippen LogP contribution in [0.3, 0.4) is 0 Å². The zero-order valence-electron chi connectivity index (χ0n) is 28.0. The number of carbonyl (C=O) groups is 4. The average molecular weight is 678 g/mol. The highest BCUT2D eigenvalue weighted by atomic mass is 16.5. The van der Waals surface area contributed by atoms with Crippen LogP contribution in [0.25, 0.3) is 21.5 Å². The van der Waals surface area contributed by atoms with Gasteiger partial charge in [-0.3, -0.25) is 9.59 Å². The standard InChI is InChI=1S/C38H39N5O7/c1-3-49-37(46)33-40-35(50-41-33)32(23-25-13-15-27-9-5-7-11-30(27)21-25)42(2)36(45)31(22-24-12-14-26-8-4-6-10-29(26)20-24)39-34(44)28-16-18-43(19-17-28)38(47)48/h4-15,20-21,28,31-32H,3,16-19,22-23H2,1-2H3,(H,39,44)(H,47,48)/t31-,32-/m1/s1. The van der Waals surface area contributed by atoms with Crippen LogP contribution in [0.4, 0.5) is 4.79 Å². The number of hydrogen-bond acceptors (Lipinski definition) is 8. The lowest BCUT2D eigenvalue weighted by molar-refractivity contribution is -0.139. The van der Waals surface area contributed by atoms with E-state index < -0.39 is 36.0 Å². The maximum absolute atomic E-state index is 14.6. The van der Waals surface area contributed by atoms with E-state index in [1.807, 2.05) is 84.9 Å². The zero-order valence-corrected chi connectivity index (χ0v) is 28.0. The number of carbonyl (C=O) groups excluding carboxylic acids is 3. The first-order valence-electron chi connectivity index (χ1n) is 16.7. The quantitative estimate of drug-likeness (QED) is 0.175. The first-order chi connectivity index (χ1) is 24.2. The smallest absolute Gasteiger partial charge is 0.407 e. The van der Waals surface area contributed by atoms with Crippen LogP contribution in [0.15, 0.2) is 89.5 Å². The molecule has 0 spiro atoms. The Morgan fingerprint density at radius 1 is 0.900 bits per heavy atom. The summed E-state index contributed by atoms with van der Waals surface area (Å²) >= 11 is 0. The van der Waals surface area contributed by atoms with Gasteiger partial charge in [0.15, 0.2) is 0 Å². The molecule has 1 fully saturated rings. The van der Waals surface area contributed by atoms with Gasteiger partial charge >= 0.3 is 12.1 Å². The molecule has 3 amide bonds. The minimum absolute atomic E-state index is 0.0499. The van der Waals surface area contributed by atoms with E-state index in [0.717, 1.165) is 32.7 Å². The van der Waals surface area contributed by atoms with Crippen LogP contribution in [0.5, 0.6) is 0 Å². The molecule has 1 aliphatic rings. The highest BCUT2D eigenvalue weighted by molar-refractivity contribution is 5.90. The molecule has 0 unspecified atom stereocenters. The first kappa shape index (κ1) is 34.1. The number of aromatic nitrogens is 2. The summed E-state index contributed by atoms with van der Waals surface area (Å²) in [4.78, 5) is 59.3. The van der Waals surface area contributed by atoms with Crippen molar-refractivity contribution in [1.82, 2.24) is 25.3 Å². The normalized spacial score (nSPS) is 14.6. The average Bonchev–Trinajstić information content (AvgIpc) is 3.63. The molecule has 50 heavy (non-hydrogen) atoms. The Balaban J connectivity index is 1.31. The number of esters is 1. The molecule has 0 aliphatic carbocycles. The van der Waals surface area contributed by atoms with Crippen molar-refractivity contribution in [2.75, 3.05) is 26.7 Å². The van der Waals surface area contributed by atoms with Gasteiger partial charge in [-0.1, -0.05) is 84.9 Å². The molecule has 0 bridgehead atoms. The fourth-order valence-corrected chi connectivity index (χ4v) is 6.45. The maximum atomic E-state index is 14.6. The summed E-state index contributed by atoms with van der Waals surface area (Å²) in [6.45, 7) is 2.29. The van der Waals surface area contributed by atoms with Crippen LogP contribution in [-0.2, 0) is 27.2 Å². The molecule has 5 aromatic rings. The predicted octanol–water partition coefficient (Wildman–Crippen LogP) is 5.41. The number of rotatable bonds is 11. The maximum Gasteiger partial charge on any atom is 0.407 e. The lowest BCUT2D eigenvalue weighted by Gasteiger charge is -2.32. The summed E-state index contributed by atoms with van der Waals surface area (Å²) in [6, 6.07) is 26.0. The molecule has 2 N–H and O–H groups in total. The Hall–Kier alpha value is -5.78. The largest absolute Gasteiger partial charge is 0.465 e. The number of benzene rings is 4. The molecule has 6 rings (SSSR count). The Kier molecular flexibility index (Phi) is 10.4. The van der Waals surface area contributed by atoms with E-state index in [1.54, 1.807) is 14.0 Å². The van der Waals surface area contributed by atoms with Crippen LogP contribution in [-0.4, -0.2) is 81.7 Å². The third-order valence-corrected chi connectivity index (χ3v) is 9.25. The summed E-state index contributed by atoms with van der Waals surface area (Å²) < 4.78 is 10.6. The summed E-state index contributed by atoms with van der Waals surface area (Å²) in [5, 5.41) is 20.4.